The molecular formula is C27H32N4OS2. The normalized spacial score (nSPS) is 13.2. The van der Waals surface area contributed by atoms with E-state index >= 15 is 0 Å². The Labute approximate surface area is 211 Å². The molecule has 7 heteroatoms. The number of nitrogens with one attached hydrogen (secondary N) is 1. The molecule has 1 N–H and O–H groups in total. The Kier molecular flexibility index (Phi) is 7.84. The molecular weight excluding hydrogens is 460 g/mol. The van der Waals surface area contributed by atoms with Gasteiger partial charge in [-0.3, -0.25) is 0 Å². The predicted octanol–water partition coefficient (Wildman–Crippen LogP) is 6.55. The highest BCUT2D eigenvalue weighted by molar-refractivity contribution is 7.99. The maximum Gasteiger partial charge on any atom is 0.322 e. The van der Waals surface area contributed by atoms with E-state index in [9.17, 15) is 4.79 Å². The van der Waals surface area contributed by atoms with Crippen molar-refractivity contribution in [3.05, 3.63) is 76.6 Å². The van der Waals surface area contributed by atoms with Gasteiger partial charge in [0.2, 0.25) is 0 Å². The second kappa shape index (κ2) is 10.8. The largest absolute Gasteiger partial charge is 0.322 e. The van der Waals surface area contributed by atoms with Gasteiger partial charge < -0.3 is 10.2 Å². The van der Waals surface area contributed by atoms with Crippen molar-refractivity contribution in [2.45, 2.75) is 62.2 Å². The van der Waals surface area contributed by atoms with E-state index in [0.717, 1.165) is 28.5 Å². The van der Waals surface area contributed by atoms with Gasteiger partial charge in [0.1, 0.15) is 21.6 Å². The molecule has 2 amide bonds. The van der Waals surface area contributed by atoms with E-state index in [-0.39, 0.29) is 12.1 Å². The number of aromatic nitrogens is 2. The molecule has 0 fully saturated rings. The number of urea groups is 1. The van der Waals surface area contributed by atoms with Gasteiger partial charge in [-0.25, -0.2) is 14.8 Å². The number of hydrogen-bond acceptors (Lipinski definition) is 5. The number of hydrogen-bond donors (Lipinski definition) is 1. The van der Waals surface area contributed by atoms with E-state index in [1.54, 1.807) is 0 Å². The van der Waals surface area contributed by atoms with Gasteiger partial charge in [0.25, 0.3) is 0 Å². The van der Waals surface area contributed by atoms with Gasteiger partial charge in [0.15, 0.2) is 0 Å². The van der Waals surface area contributed by atoms with Gasteiger partial charge >= 0.3 is 6.03 Å². The number of nitrogens with zero attached hydrogens (tertiary/aromatic N) is 3. The molecule has 0 saturated heterocycles. The van der Waals surface area contributed by atoms with Crippen LogP contribution in [0.2, 0.25) is 0 Å². The van der Waals surface area contributed by atoms with Crippen LogP contribution >= 0.6 is 23.5 Å². The van der Waals surface area contributed by atoms with Crippen molar-refractivity contribution in [3.8, 4) is 0 Å². The molecule has 1 aliphatic rings. The molecule has 5 nitrogen and oxygen atoms in total. The molecule has 0 bridgehead atoms. The zero-order chi connectivity index (χ0) is 24.2. The molecule has 3 aromatic rings. The molecule has 0 aliphatic heterocycles. The van der Waals surface area contributed by atoms with E-state index in [1.807, 2.05) is 24.3 Å². The summed E-state index contributed by atoms with van der Waals surface area (Å²) in [6.45, 7) is 6.83. The summed E-state index contributed by atoms with van der Waals surface area (Å²) in [6, 6.07) is 17.1. The van der Waals surface area contributed by atoms with Crippen molar-refractivity contribution in [1.82, 2.24) is 14.9 Å². The van der Waals surface area contributed by atoms with Crippen LogP contribution in [0.1, 0.15) is 47.8 Å². The summed E-state index contributed by atoms with van der Waals surface area (Å²) in [4.78, 5) is 24.9. The number of anilines is 1. The fraction of sp³-hybridized carbons (Fsp3) is 0.370. The Bertz CT molecular complexity index is 1110. The first kappa shape index (κ1) is 24.6. The first-order valence-electron chi connectivity index (χ1n) is 11.6. The lowest BCUT2D eigenvalue weighted by Gasteiger charge is -2.30. The predicted molar refractivity (Wildman–Crippen MR) is 143 cm³/mol. The number of carbonyl (C=O) groups is 1. The molecule has 178 valence electrons. The molecule has 1 aliphatic carbocycles. The van der Waals surface area contributed by atoms with Crippen molar-refractivity contribution in [2.75, 3.05) is 17.8 Å². The average Bonchev–Trinajstić information content (AvgIpc) is 3.27. The SMILES string of the molecule is CSc1nc(C)nc(SC)c1NC(=O)N(Cc1ccc(C(C)C)cc1)C1Cc2ccccc2C1. The second-order valence-electron chi connectivity index (χ2n) is 8.95. The lowest BCUT2D eigenvalue weighted by molar-refractivity contribution is 0.185. The zero-order valence-electron chi connectivity index (χ0n) is 20.5. The topological polar surface area (TPSA) is 58.1 Å². The minimum absolute atomic E-state index is 0.101. The van der Waals surface area contributed by atoms with Crippen LogP contribution in [0.25, 0.3) is 0 Å². The number of benzene rings is 2. The molecule has 0 radical (unpaired) electrons. The van der Waals surface area contributed by atoms with E-state index in [1.165, 1.54) is 40.2 Å². The molecule has 0 saturated carbocycles. The first-order chi connectivity index (χ1) is 16.4. The second-order valence-corrected chi connectivity index (χ2v) is 10.5. The summed E-state index contributed by atoms with van der Waals surface area (Å²) in [5.41, 5.74) is 5.79. The molecule has 2 aromatic carbocycles. The monoisotopic (exact) mass is 492 g/mol. The van der Waals surface area contributed by atoms with Gasteiger partial charge in [-0.15, -0.1) is 23.5 Å². The summed E-state index contributed by atoms with van der Waals surface area (Å²) in [7, 11) is 0. The van der Waals surface area contributed by atoms with Crippen molar-refractivity contribution < 1.29 is 4.79 Å². The maximum absolute atomic E-state index is 13.8. The van der Waals surface area contributed by atoms with Crippen molar-refractivity contribution in [3.63, 3.8) is 0 Å². The fourth-order valence-corrected chi connectivity index (χ4v) is 5.65. The van der Waals surface area contributed by atoms with Crippen LogP contribution in [0.5, 0.6) is 0 Å². The first-order valence-corrected chi connectivity index (χ1v) is 14.0. The van der Waals surface area contributed by atoms with Gasteiger partial charge in [-0.2, -0.15) is 0 Å². The third kappa shape index (κ3) is 5.41. The van der Waals surface area contributed by atoms with Crippen molar-refractivity contribution >= 4 is 35.2 Å². The van der Waals surface area contributed by atoms with Crippen molar-refractivity contribution in [1.29, 1.82) is 0 Å². The lowest BCUT2D eigenvalue weighted by atomic mass is 10.0. The van der Waals surface area contributed by atoms with Gasteiger partial charge in [0, 0.05) is 12.6 Å². The van der Waals surface area contributed by atoms with E-state index in [0.29, 0.717) is 24.0 Å². The Hall–Kier alpha value is -2.51. The van der Waals surface area contributed by atoms with Gasteiger partial charge in [0.05, 0.1) is 0 Å². The highest BCUT2D eigenvalue weighted by Crippen LogP contribution is 2.33. The molecule has 0 unspecified atom stereocenters. The third-order valence-electron chi connectivity index (χ3n) is 6.30. The van der Waals surface area contributed by atoms with E-state index < -0.39 is 0 Å². The minimum atomic E-state index is -0.108. The Balaban J connectivity index is 1.63. The summed E-state index contributed by atoms with van der Waals surface area (Å²) in [6.07, 6.45) is 5.68. The van der Waals surface area contributed by atoms with Crippen LogP contribution in [0, 0.1) is 6.92 Å². The Morgan fingerprint density at radius 3 is 2.06 bits per heavy atom. The van der Waals surface area contributed by atoms with E-state index in [2.05, 4.69) is 77.7 Å². The van der Waals surface area contributed by atoms with Crippen LogP contribution < -0.4 is 5.32 Å². The summed E-state index contributed by atoms with van der Waals surface area (Å²) < 4.78 is 0. The summed E-state index contributed by atoms with van der Waals surface area (Å²) in [5.74, 6) is 1.19. The number of rotatable bonds is 7. The number of aryl methyl sites for hydroxylation is 1. The van der Waals surface area contributed by atoms with Crippen LogP contribution in [0.3, 0.4) is 0 Å². The number of amides is 2. The zero-order valence-corrected chi connectivity index (χ0v) is 22.1. The maximum atomic E-state index is 13.8. The van der Waals surface area contributed by atoms with Crippen LogP contribution in [0.15, 0.2) is 58.6 Å². The average molecular weight is 493 g/mol. The molecule has 0 atom stereocenters. The summed E-state index contributed by atoms with van der Waals surface area (Å²) >= 11 is 3.05. The van der Waals surface area contributed by atoms with Crippen LogP contribution in [-0.2, 0) is 19.4 Å². The highest BCUT2D eigenvalue weighted by Gasteiger charge is 2.31. The molecule has 34 heavy (non-hydrogen) atoms. The number of fused-ring (bicyclic) bond motifs is 1. The Morgan fingerprint density at radius 1 is 1.00 bits per heavy atom. The van der Waals surface area contributed by atoms with Crippen LogP contribution in [-0.4, -0.2) is 39.5 Å². The lowest BCUT2D eigenvalue weighted by Crippen LogP contribution is -2.43. The minimum Gasteiger partial charge on any atom is -0.317 e. The molecule has 4 rings (SSSR count). The van der Waals surface area contributed by atoms with Crippen molar-refractivity contribution in [2.24, 2.45) is 0 Å². The number of thioether (sulfide) groups is 2. The smallest absolute Gasteiger partial charge is 0.317 e. The van der Waals surface area contributed by atoms with Gasteiger partial charge in [-0.05, 0) is 60.4 Å². The third-order valence-corrected chi connectivity index (χ3v) is 7.67. The fourth-order valence-electron chi connectivity index (χ4n) is 4.43. The highest BCUT2D eigenvalue weighted by atomic mass is 32.2. The van der Waals surface area contributed by atoms with E-state index in [4.69, 9.17) is 0 Å². The molecule has 1 heterocycles. The molecule has 1 aromatic heterocycles. The Morgan fingerprint density at radius 2 is 1.56 bits per heavy atom. The molecule has 0 spiro atoms. The van der Waals surface area contributed by atoms with Crippen LogP contribution in [0.4, 0.5) is 10.5 Å². The number of carbonyl (C=O) groups excluding carboxylic acids is 1. The quantitative estimate of drug-likeness (QED) is 0.299. The summed E-state index contributed by atoms with van der Waals surface area (Å²) in [5, 5.41) is 4.77. The standard InChI is InChI=1S/C27H32N4OS2/c1-17(2)20-12-10-19(11-13-20)16-31(23-14-21-8-6-7-9-22(21)15-23)27(32)30-24-25(33-4)28-18(3)29-26(24)34-5/h6-13,17,23H,14-16H2,1-5H3,(H,30,32). The van der Waals surface area contributed by atoms with Gasteiger partial charge in [-0.1, -0.05) is 62.4 Å².